The van der Waals surface area contributed by atoms with E-state index in [0.717, 1.165) is 0 Å². The van der Waals surface area contributed by atoms with Crippen molar-refractivity contribution in [2.24, 2.45) is 0 Å². The highest BCUT2D eigenvalue weighted by molar-refractivity contribution is 6.34. The molecule has 0 saturated carbocycles. The fraction of sp³-hybridized carbons (Fsp3) is 0.143. The van der Waals surface area contributed by atoms with E-state index in [2.05, 4.69) is 0 Å². The molecule has 0 aliphatic heterocycles. The Labute approximate surface area is 60.9 Å². The van der Waals surface area contributed by atoms with Crippen LogP contribution < -0.4 is 10.2 Å². The number of ether oxygens (including phenoxy) is 1. The third-order valence-electron chi connectivity index (χ3n) is 1.25. The van der Waals surface area contributed by atoms with E-state index in [1.54, 1.807) is 18.2 Å². The maximum Gasteiger partial charge on any atom is 0.159 e. The van der Waals surface area contributed by atoms with E-state index >= 15 is 0 Å². The van der Waals surface area contributed by atoms with Gasteiger partial charge < -0.3 is 9.84 Å². The van der Waals surface area contributed by atoms with E-state index in [9.17, 15) is 0 Å². The van der Waals surface area contributed by atoms with Crippen molar-refractivity contribution in [3.8, 4) is 11.5 Å². The summed E-state index contributed by atoms with van der Waals surface area (Å²) < 4.78 is 4.80. The highest BCUT2D eigenvalue weighted by atomic mass is 16.5. The van der Waals surface area contributed by atoms with Gasteiger partial charge in [0.1, 0.15) is 13.6 Å². The minimum absolute atomic E-state index is 0.00463. The Bertz CT molecular complexity index is 235. The van der Waals surface area contributed by atoms with Gasteiger partial charge in [0.2, 0.25) is 0 Å². The second kappa shape index (κ2) is 2.65. The molecule has 1 rings (SSSR count). The zero-order valence-corrected chi connectivity index (χ0v) is 5.66. The lowest BCUT2D eigenvalue weighted by Crippen LogP contribution is -2.02. The topological polar surface area (TPSA) is 29.5 Å². The van der Waals surface area contributed by atoms with Gasteiger partial charge >= 0.3 is 0 Å². The number of para-hydroxylation sites is 1. The van der Waals surface area contributed by atoms with Gasteiger partial charge in [0.25, 0.3) is 0 Å². The van der Waals surface area contributed by atoms with Crippen molar-refractivity contribution in [2.75, 3.05) is 7.11 Å². The van der Waals surface area contributed by atoms with Crippen LogP contribution in [-0.2, 0) is 0 Å². The molecule has 1 aromatic carbocycles. The number of aromatic hydroxyl groups is 1. The van der Waals surface area contributed by atoms with Crippen LogP contribution in [0, 0.1) is 0 Å². The van der Waals surface area contributed by atoms with Crippen LogP contribution in [0.25, 0.3) is 0 Å². The molecule has 1 N–H and O–H groups in total. The molecule has 0 aromatic heterocycles. The summed E-state index contributed by atoms with van der Waals surface area (Å²) in [5, 5.41) is 9.15. The van der Waals surface area contributed by atoms with Gasteiger partial charge in [0.15, 0.2) is 5.75 Å². The van der Waals surface area contributed by atoms with Crippen LogP contribution in [0.15, 0.2) is 18.2 Å². The van der Waals surface area contributed by atoms with Crippen molar-refractivity contribution in [1.82, 2.24) is 0 Å². The van der Waals surface area contributed by atoms with E-state index < -0.39 is 0 Å². The Morgan fingerprint density at radius 1 is 1.50 bits per heavy atom. The molecule has 0 bridgehead atoms. The number of phenols is 1. The second-order valence-corrected chi connectivity index (χ2v) is 1.90. The van der Waals surface area contributed by atoms with E-state index in [0.29, 0.717) is 11.2 Å². The normalized spacial score (nSPS) is 9.30. The van der Waals surface area contributed by atoms with Crippen molar-refractivity contribution in [3.05, 3.63) is 18.2 Å². The number of hydrogen-bond donors (Lipinski definition) is 1. The predicted molar refractivity (Wildman–Crippen MR) is 40.0 cm³/mol. The van der Waals surface area contributed by atoms with E-state index in [1.807, 2.05) is 0 Å². The molecule has 0 saturated heterocycles. The SMILES string of the molecule is [B]c1cccc(OC)c1O. The molecule has 0 aliphatic carbocycles. The lowest BCUT2D eigenvalue weighted by atomic mass is 9.95. The molecule has 0 heterocycles. The number of phenolic OH excluding ortho intramolecular Hbond substituents is 1. The zero-order valence-electron chi connectivity index (χ0n) is 5.66. The Kier molecular flexibility index (Phi) is 1.85. The van der Waals surface area contributed by atoms with Crippen molar-refractivity contribution in [3.63, 3.8) is 0 Å². The number of methoxy groups -OCH3 is 1. The third-order valence-corrected chi connectivity index (χ3v) is 1.25. The number of rotatable bonds is 1. The third kappa shape index (κ3) is 1.08. The van der Waals surface area contributed by atoms with Gasteiger partial charge in [-0.05, 0) is 6.07 Å². The van der Waals surface area contributed by atoms with Crippen LogP contribution in [-0.4, -0.2) is 20.1 Å². The van der Waals surface area contributed by atoms with Crippen molar-refractivity contribution in [2.45, 2.75) is 0 Å². The summed E-state index contributed by atoms with van der Waals surface area (Å²) in [6, 6.07) is 4.97. The molecule has 50 valence electrons. The van der Waals surface area contributed by atoms with Crippen LogP contribution in [0.3, 0.4) is 0 Å². The molecule has 2 nitrogen and oxygen atoms in total. The first-order valence-electron chi connectivity index (χ1n) is 2.87. The first kappa shape index (κ1) is 7.00. The van der Waals surface area contributed by atoms with Gasteiger partial charge in [-0.1, -0.05) is 17.6 Å². The Hall–Kier alpha value is -1.12. The zero-order chi connectivity index (χ0) is 7.56. The summed E-state index contributed by atoms with van der Waals surface area (Å²) in [6.07, 6.45) is 0. The van der Waals surface area contributed by atoms with Gasteiger partial charge in [-0.15, -0.1) is 0 Å². The summed E-state index contributed by atoms with van der Waals surface area (Å²) in [5.74, 6) is 0.407. The van der Waals surface area contributed by atoms with Gasteiger partial charge in [-0.25, -0.2) is 0 Å². The van der Waals surface area contributed by atoms with Crippen LogP contribution >= 0.6 is 0 Å². The van der Waals surface area contributed by atoms with Gasteiger partial charge in [-0.2, -0.15) is 0 Å². The minimum atomic E-state index is 0.00463. The van der Waals surface area contributed by atoms with Gasteiger partial charge in [-0.3, -0.25) is 0 Å². The first-order chi connectivity index (χ1) is 4.75. The van der Waals surface area contributed by atoms with Crippen LogP contribution in [0.2, 0.25) is 0 Å². The standard InChI is InChI=1S/C7H7BO2/c1-10-6-4-2-3-5(8)7(6)9/h2-4,9H,1H3. The average Bonchev–Trinajstić information content (AvgIpc) is 1.95. The molecule has 0 fully saturated rings. The molecule has 10 heavy (non-hydrogen) atoms. The number of benzene rings is 1. The minimum Gasteiger partial charge on any atom is -0.505 e. The highest BCUT2D eigenvalue weighted by Gasteiger charge is 2.00. The summed E-state index contributed by atoms with van der Waals surface area (Å²) >= 11 is 0. The van der Waals surface area contributed by atoms with Crippen molar-refractivity contribution in [1.29, 1.82) is 0 Å². The summed E-state index contributed by atoms with van der Waals surface area (Å²) in [7, 11) is 6.85. The van der Waals surface area contributed by atoms with Crippen molar-refractivity contribution >= 4 is 13.3 Å². The summed E-state index contributed by atoms with van der Waals surface area (Å²) in [6.45, 7) is 0. The summed E-state index contributed by atoms with van der Waals surface area (Å²) in [5.41, 5.74) is 0.333. The smallest absolute Gasteiger partial charge is 0.159 e. The lowest BCUT2D eigenvalue weighted by molar-refractivity contribution is 0.375. The molecule has 1 aromatic rings. The van der Waals surface area contributed by atoms with Crippen molar-refractivity contribution < 1.29 is 9.84 Å². The second-order valence-electron chi connectivity index (χ2n) is 1.90. The molecule has 0 amide bonds. The van der Waals surface area contributed by atoms with Gasteiger partial charge in [0, 0.05) is 0 Å². The fourth-order valence-electron chi connectivity index (χ4n) is 0.704. The molecule has 2 radical (unpaired) electrons. The number of hydrogen-bond acceptors (Lipinski definition) is 2. The van der Waals surface area contributed by atoms with E-state index in [4.69, 9.17) is 17.7 Å². The maximum atomic E-state index is 9.15. The van der Waals surface area contributed by atoms with Crippen LogP contribution in [0.1, 0.15) is 0 Å². The fourth-order valence-corrected chi connectivity index (χ4v) is 0.704. The molecular formula is C7H7BO2. The molecule has 0 unspecified atom stereocenters. The highest BCUT2D eigenvalue weighted by Crippen LogP contribution is 2.20. The molecule has 3 heteroatoms. The van der Waals surface area contributed by atoms with E-state index in [1.165, 1.54) is 7.11 Å². The van der Waals surface area contributed by atoms with Crippen LogP contribution in [0.4, 0.5) is 0 Å². The average molecular weight is 134 g/mol. The Morgan fingerprint density at radius 3 is 2.70 bits per heavy atom. The Morgan fingerprint density at radius 2 is 2.20 bits per heavy atom. The lowest BCUT2D eigenvalue weighted by Gasteiger charge is -2.03. The maximum absolute atomic E-state index is 9.15. The largest absolute Gasteiger partial charge is 0.505 e. The van der Waals surface area contributed by atoms with Gasteiger partial charge in [0.05, 0.1) is 7.11 Å². The quantitative estimate of drug-likeness (QED) is 0.555. The molecule has 0 atom stereocenters. The molecular weight excluding hydrogens is 127 g/mol. The van der Waals surface area contributed by atoms with Crippen LogP contribution in [0.5, 0.6) is 11.5 Å². The predicted octanol–water partition coefficient (Wildman–Crippen LogP) is 0.195. The Balaban J connectivity index is 3.14. The molecule has 0 spiro atoms. The van der Waals surface area contributed by atoms with E-state index in [-0.39, 0.29) is 5.75 Å². The first-order valence-corrected chi connectivity index (χ1v) is 2.87. The summed E-state index contributed by atoms with van der Waals surface area (Å²) in [4.78, 5) is 0. The molecule has 0 aliphatic rings. The monoisotopic (exact) mass is 134 g/mol.